The van der Waals surface area contributed by atoms with E-state index in [4.69, 9.17) is 4.74 Å². The third-order valence-electron chi connectivity index (χ3n) is 5.99. The Balaban J connectivity index is 1.36. The zero-order valence-electron chi connectivity index (χ0n) is 11.6. The van der Waals surface area contributed by atoms with Gasteiger partial charge in [-0.25, -0.2) is 0 Å². The molecule has 1 saturated heterocycles. The molecular weight excluding hydrogens is 238 g/mol. The van der Waals surface area contributed by atoms with Gasteiger partial charge in [-0.3, -0.25) is 4.79 Å². The Morgan fingerprint density at radius 2 is 1.74 bits per heavy atom. The number of rotatable bonds is 3. The second-order valence-electron chi connectivity index (χ2n) is 7.36. The first-order valence-electron chi connectivity index (χ1n) is 8.19. The molecule has 3 nitrogen and oxygen atoms in total. The summed E-state index contributed by atoms with van der Waals surface area (Å²) >= 11 is 0. The van der Waals surface area contributed by atoms with E-state index < -0.39 is 0 Å². The van der Waals surface area contributed by atoms with Crippen LogP contribution in [0, 0.1) is 23.7 Å². The fourth-order valence-corrected chi connectivity index (χ4v) is 5.42. The number of hydrogen-bond acceptors (Lipinski definition) is 2. The lowest BCUT2D eigenvalue weighted by molar-refractivity contribution is -0.127. The lowest BCUT2D eigenvalue weighted by Gasteiger charge is -2.54. The second-order valence-corrected chi connectivity index (χ2v) is 7.36. The second kappa shape index (κ2) is 4.76. The highest BCUT2D eigenvalue weighted by Gasteiger charge is 2.48. The highest BCUT2D eigenvalue weighted by molar-refractivity contribution is 5.77. The Labute approximate surface area is 115 Å². The number of hydrogen-bond donors (Lipinski definition) is 1. The largest absolute Gasteiger partial charge is 0.378 e. The molecule has 4 saturated carbocycles. The van der Waals surface area contributed by atoms with Gasteiger partial charge in [0.15, 0.2) is 0 Å². The van der Waals surface area contributed by atoms with Gasteiger partial charge < -0.3 is 10.1 Å². The maximum atomic E-state index is 12.2. The summed E-state index contributed by atoms with van der Waals surface area (Å²) < 4.78 is 5.57. The van der Waals surface area contributed by atoms with E-state index in [9.17, 15) is 4.79 Å². The predicted molar refractivity (Wildman–Crippen MR) is 72.6 cm³/mol. The first-order chi connectivity index (χ1) is 9.28. The summed E-state index contributed by atoms with van der Waals surface area (Å²) in [6.07, 6.45) is 9.93. The van der Waals surface area contributed by atoms with Crippen molar-refractivity contribution in [2.45, 2.75) is 63.5 Å². The molecule has 0 aromatic rings. The monoisotopic (exact) mass is 263 g/mol. The minimum Gasteiger partial charge on any atom is -0.378 e. The molecule has 0 aromatic carbocycles. The first kappa shape index (κ1) is 12.2. The minimum absolute atomic E-state index is 0.192. The van der Waals surface area contributed by atoms with Crippen LogP contribution in [0.4, 0.5) is 0 Å². The Morgan fingerprint density at radius 1 is 1.05 bits per heavy atom. The number of nitrogens with one attached hydrogen (secondary N) is 1. The number of ether oxygens (including phenoxy) is 1. The molecule has 0 radical (unpaired) electrons. The van der Waals surface area contributed by atoms with Crippen LogP contribution in [0.5, 0.6) is 0 Å². The van der Waals surface area contributed by atoms with Gasteiger partial charge in [0.25, 0.3) is 0 Å². The lowest BCUT2D eigenvalue weighted by atomic mass is 9.54. The van der Waals surface area contributed by atoms with Crippen molar-refractivity contribution in [3.05, 3.63) is 0 Å². The van der Waals surface area contributed by atoms with Gasteiger partial charge in [0.1, 0.15) is 0 Å². The van der Waals surface area contributed by atoms with E-state index in [1.54, 1.807) is 0 Å². The highest BCUT2D eigenvalue weighted by Crippen LogP contribution is 2.53. The summed E-state index contributed by atoms with van der Waals surface area (Å²) in [5.74, 6) is 3.77. The summed E-state index contributed by atoms with van der Waals surface area (Å²) in [5, 5.41) is 3.37. The van der Waals surface area contributed by atoms with Crippen LogP contribution in [0.1, 0.15) is 51.4 Å². The summed E-state index contributed by atoms with van der Waals surface area (Å²) in [6, 6.07) is 0.488. The highest BCUT2D eigenvalue weighted by atomic mass is 16.5. The van der Waals surface area contributed by atoms with Crippen LogP contribution in [0.15, 0.2) is 0 Å². The molecule has 4 aliphatic carbocycles. The van der Waals surface area contributed by atoms with E-state index in [0.29, 0.717) is 12.5 Å². The Kier molecular flexibility index (Phi) is 3.06. The van der Waals surface area contributed by atoms with Crippen LogP contribution in [0.2, 0.25) is 0 Å². The van der Waals surface area contributed by atoms with Crippen molar-refractivity contribution < 1.29 is 9.53 Å². The van der Waals surface area contributed by atoms with Crippen molar-refractivity contribution in [2.75, 3.05) is 6.61 Å². The molecule has 1 unspecified atom stereocenters. The quantitative estimate of drug-likeness (QED) is 0.849. The molecule has 5 rings (SSSR count). The molecule has 1 aliphatic heterocycles. The standard InChI is InChI=1S/C16H25NO2/c18-15(9-14-2-1-3-19-14)17-16-12-5-10-4-11(7-12)8-13(16)6-10/h10-14,16H,1-9H2,(H,17,18). The molecule has 0 aromatic heterocycles. The summed E-state index contributed by atoms with van der Waals surface area (Å²) in [4.78, 5) is 12.2. The predicted octanol–water partition coefficient (Wildman–Crippen LogP) is 2.50. The van der Waals surface area contributed by atoms with Gasteiger partial charge in [-0.1, -0.05) is 0 Å². The van der Waals surface area contributed by atoms with Crippen LogP contribution in [0.3, 0.4) is 0 Å². The minimum atomic E-state index is 0.192. The molecule has 1 heterocycles. The van der Waals surface area contributed by atoms with E-state index in [2.05, 4.69) is 5.32 Å². The molecule has 1 atom stereocenters. The average molecular weight is 263 g/mol. The van der Waals surface area contributed by atoms with Crippen molar-refractivity contribution in [3.8, 4) is 0 Å². The molecule has 5 fully saturated rings. The van der Waals surface area contributed by atoms with Crippen LogP contribution in [-0.2, 0) is 9.53 Å². The molecule has 3 heteroatoms. The van der Waals surface area contributed by atoms with Gasteiger partial charge in [-0.2, -0.15) is 0 Å². The van der Waals surface area contributed by atoms with Crippen LogP contribution < -0.4 is 5.32 Å². The van der Waals surface area contributed by atoms with Gasteiger partial charge in [0.2, 0.25) is 5.91 Å². The SMILES string of the molecule is O=C(CC1CCCO1)NC1C2CC3CC(C2)CC1C3. The van der Waals surface area contributed by atoms with Crippen molar-refractivity contribution in [1.82, 2.24) is 5.32 Å². The van der Waals surface area contributed by atoms with Crippen molar-refractivity contribution in [2.24, 2.45) is 23.7 Å². The average Bonchev–Trinajstić information content (AvgIpc) is 2.85. The number of carbonyl (C=O) groups excluding carboxylic acids is 1. The van der Waals surface area contributed by atoms with E-state index >= 15 is 0 Å². The van der Waals surface area contributed by atoms with Gasteiger partial charge in [0, 0.05) is 12.6 Å². The maximum absolute atomic E-state index is 12.2. The van der Waals surface area contributed by atoms with Gasteiger partial charge in [-0.15, -0.1) is 0 Å². The fourth-order valence-electron chi connectivity index (χ4n) is 5.42. The van der Waals surface area contributed by atoms with Crippen LogP contribution in [-0.4, -0.2) is 24.7 Å². The Morgan fingerprint density at radius 3 is 2.32 bits per heavy atom. The topological polar surface area (TPSA) is 38.3 Å². The zero-order valence-corrected chi connectivity index (χ0v) is 11.6. The Bertz CT molecular complexity index is 334. The van der Waals surface area contributed by atoms with Gasteiger partial charge in [-0.05, 0) is 68.6 Å². The van der Waals surface area contributed by atoms with Crippen molar-refractivity contribution in [3.63, 3.8) is 0 Å². The van der Waals surface area contributed by atoms with Crippen LogP contribution >= 0.6 is 0 Å². The fraction of sp³-hybridized carbons (Fsp3) is 0.938. The number of carbonyl (C=O) groups is 1. The van der Waals surface area contributed by atoms with E-state index in [1.807, 2.05) is 0 Å². The molecule has 106 valence electrons. The maximum Gasteiger partial charge on any atom is 0.222 e. The van der Waals surface area contributed by atoms with Crippen molar-refractivity contribution >= 4 is 5.91 Å². The molecule has 5 aliphatic rings. The molecule has 19 heavy (non-hydrogen) atoms. The van der Waals surface area contributed by atoms with Gasteiger partial charge >= 0.3 is 0 Å². The molecule has 0 spiro atoms. The molecule has 1 amide bonds. The molecular formula is C16H25NO2. The third-order valence-corrected chi connectivity index (χ3v) is 5.99. The van der Waals surface area contributed by atoms with Gasteiger partial charge in [0.05, 0.1) is 12.5 Å². The first-order valence-corrected chi connectivity index (χ1v) is 8.19. The zero-order chi connectivity index (χ0) is 12.8. The summed E-state index contributed by atoms with van der Waals surface area (Å²) in [5.41, 5.74) is 0. The van der Waals surface area contributed by atoms with E-state index in [1.165, 1.54) is 32.1 Å². The normalized spacial score (nSPS) is 47.6. The van der Waals surface area contributed by atoms with Crippen LogP contribution in [0.25, 0.3) is 0 Å². The Hall–Kier alpha value is -0.570. The van der Waals surface area contributed by atoms with Crippen molar-refractivity contribution in [1.29, 1.82) is 0 Å². The lowest BCUT2D eigenvalue weighted by Crippen LogP contribution is -2.56. The molecule has 1 N–H and O–H groups in total. The molecule has 4 bridgehead atoms. The third kappa shape index (κ3) is 2.31. The van der Waals surface area contributed by atoms with E-state index in [-0.39, 0.29) is 12.0 Å². The number of amides is 1. The summed E-state index contributed by atoms with van der Waals surface area (Å²) in [6.45, 7) is 0.843. The smallest absolute Gasteiger partial charge is 0.222 e. The van der Waals surface area contributed by atoms with E-state index in [0.717, 1.165) is 43.1 Å². The summed E-state index contributed by atoms with van der Waals surface area (Å²) in [7, 11) is 0.